The lowest BCUT2D eigenvalue weighted by molar-refractivity contribution is 0.0106. The van der Waals surface area contributed by atoms with E-state index in [4.69, 9.17) is 4.74 Å². The smallest absolute Gasteiger partial charge is 0.336 e. The summed E-state index contributed by atoms with van der Waals surface area (Å²) in [6.07, 6.45) is 2.78. The Balaban J connectivity index is 1.22. The first-order chi connectivity index (χ1) is 16.7. The normalized spacial score (nSPS) is 18.2. The van der Waals surface area contributed by atoms with Gasteiger partial charge in [-0.1, -0.05) is 60.7 Å². The average Bonchev–Trinajstić information content (AvgIpc) is 3.36. The number of rotatable bonds is 8. The van der Waals surface area contributed by atoms with Crippen molar-refractivity contribution in [3.05, 3.63) is 105 Å². The number of thiophene rings is 1. The zero-order chi connectivity index (χ0) is 23.3. The molecule has 1 saturated heterocycles. The standard InChI is InChI=1S/C29H29NO3S/c31-29(32)26-14-16-34-28(26)12-8-20-5-10-23(11-6-20)25-13-15-30-18-27(25)33-19-21-7-9-22-3-1-2-4-24(22)17-21/h1-7,9-11,14,16-17,25,27,30H,8,12-13,15,18-19H2,(H,31,32). The van der Waals surface area contributed by atoms with Crippen LogP contribution in [0.3, 0.4) is 0 Å². The summed E-state index contributed by atoms with van der Waals surface area (Å²) >= 11 is 1.52. The Morgan fingerprint density at radius 2 is 1.76 bits per heavy atom. The van der Waals surface area contributed by atoms with Crippen LogP contribution in [0.25, 0.3) is 10.8 Å². The molecule has 0 radical (unpaired) electrons. The lowest BCUT2D eigenvalue weighted by Crippen LogP contribution is -2.40. The molecule has 2 heterocycles. The molecule has 1 aliphatic rings. The van der Waals surface area contributed by atoms with Gasteiger partial charge in [-0.05, 0) is 70.8 Å². The number of carboxylic acid groups (broad SMARTS) is 1. The largest absolute Gasteiger partial charge is 0.478 e. The predicted octanol–water partition coefficient (Wildman–Crippen LogP) is 6.05. The Hall–Kier alpha value is -2.99. The summed E-state index contributed by atoms with van der Waals surface area (Å²) in [4.78, 5) is 12.3. The van der Waals surface area contributed by atoms with Gasteiger partial charge >= 0.3 is 5.97 Å². The monoisotopic (exact) mass is 471 g/mol. The highest BCUT2D eigenvalue weighted by Crippen LogP contribution is 2.29. The number of fused-ring (bicyclic) bond motifs is 1. The van der Waals surface area contributed by atoms with Gasteiger partial charge in [0.05, 0.1) is 18.3 Å². The van der Waals surface area contributed by atoms with Gasteiger partial charge in [-0.2, -0.15) is 0 Å². The van der Waals surface area contributed by atoms with Crippen molar-refractivity contribution in [1.82, 2.24) is 5.32 Å². The SMILES string of the molecule is O=C(O)c1ccsc1CCc1ccc(C2CCNCC2OCc2ccc3ccccc3c2)cc1. The molecule has 4 aromatic rings. The topological polar surface area (TPSA) is 58.6 Å². The van der Waals surface area contributed by atoms with E-state index in [0.29, 0.717) is 18.1 Å². The predicted molar refractivity (Wildman–Crippen MR) is 138 cm³/mol. The van der Waals surface area contributed by atoms with Crippen LogP contribution in [-0.4, -0.2) is 30.3 Å². The summed E-state index contributed by atoms with van der Waals surface area (Å²) in [6.45, 7) is 2.47. The Morgan fingerprint density at radius 1 is 0.971 bits per heavy atom. The van der Waals surface area contributed by atoms with Gasteiger partial charge in [-0.25, -0.2) is 4.79 Å². The fourth-order valence-electron chi connectivity index (χ4n) is 4.83. The third kappa shape index (κ3) is 5.22. The Morgan fingerprint density at radius 3 is 2.59 bits per heavy atom. The highest BCUT2D eigenvalue weighted by molar-refractivity contribution is 7.10. The van der Waals surface area contributed by atoms with Gasteiger partial charge in [0.15, 0.2) is 0 Å². The minimum absolute atomic E-state index is 0.135. The highest BCUT2D eigenvalue weighted by Gasteiger charge is 2.27. The van der Waals surface area contributed by atoms with Gasteiger partial charge in [0.2, 0.25) is 0 Å². The minimum atomic E-state index is -0.841. The molecule has 0 aliphatic carbocycles. The number of nitrogens with one attached hydrogen (secondary N) is 1. The van der Waals surface area contributed by atoms with Crippen LogP contribution in [0.2, 0.25) is 0 Å². The molecule has 3 aromatic carbocycles. The number of ether oxygens (including phenoxy) is 1. The molecule has 0 spiro atoms. The molecule has 0 amide bonds. The molecule has 2 atom stereocenters. The van der Waals surface area contributed by atoms with Gasteiger partial charge in [0.1, 0.15) is 0 Å². The molecule has 1 aliphatic heterocycles. The zero-order valence-electron chi connectivity index (χ0n) is 19.1. The summed E-state index contributed by atoms with van der Waals surface area (Å²) in [6, 6.07) is 25.5. The van der Waals surface area contributed by atoms with Crippen LogP contribution in [0.5, 0.6) is 0 Å². The van der Waals surface area contributed by atoms with Crippen molar-refractivity contribution >= 4 is 28.1 Å². The molecule has 2 unspecified atom stereocenters. The first-order valence-electron chi connectivity index (χ1n) is 11.9. The maximum absolute atomic E-state index is 11.3. The number of benzene rings is 3. The number of piperidine rings is 1. The summed E-state index contributed by atoms with van der Waals surface area (Å²) in [7, 11) is 0. The van der Waals surface area contributed by atoms with E-state index in [2.05, 4.69) is 72.0 Å². The maximum atomic E-state index is 11.3. The molecule has 174 valence electrons. The molecular weight excluding hydrogens is 442 g/mol. The Labute approximate surface area is 204 Å². The fraction of sp³-hybridized carbons (Fsp3) is 0.276. The van der Waals surface area contributed by atoms with E-state index in [-0.39, 0.29) is 6.10 Å². The number of carbonyl (C=O) groups is 1. The summed E-state index contributed by atoms with van der Waals surface area (Å²) in [5, 5.41) is 17.2. The maximum Gasteiger partial charge on any atom is 0.336 e. The minimum Gasteiger partial charge on any atom is -0.478 e. The zero-order valence-corrected chi connectivity index (χ0v) is 19.9. The van der Waals surface area contributed by atoms with Gasteiger partial charge in [-0.3, -0.25) is 0 Å². The first kappa shape index (κ1) is 22.8. The summed E-state index contributed by atoms with van der Waals surface area (Å²) in [5.41, 5.74) is 4.18. The molecule has 1 fully saturated rings. The van der Waals surface area contributed by atoms with Crippen molar-refractivity contribution in [3.63, 3.8) is 0 Å². The van der Waals surface area contributed by atoms with Crippen LogP contribution >= 0.6 is 11.3 Å². The fourth-order valence-corrected chi connectivity index (χ4v) is 5.70. The lowest BCUT2D eigenvalue weighted by atomic mass is 9.87. The highest BCUT2D eigenvalue weighted by atomic mass is 32.1. The molecule has 2 N–H and O–H groups in total. The van der Waals surface area contributed by atoms with Gasteiger partial charge < -0.3 is 15.2 Å². The molecule has 1 aromatic heterocycles. The van der Waals surface area contributed by atoms with E-state index < -0.39 is 5.97 Å². The summed E-state index contributed by atoms with van der Waals surface area (Å²) in [5.74, 6) is -0.473. The van der Waals surface area contributed by atoms with Gasteiger partial charge in [0, 0.05) is 17.3 Å². The Kier molecular flexibility index (Phi) is 7.05. The number of hydrogen-bond acceptors (Lipinski definition) is 4. The molecule has 34 heavy (non-hydrogen) atoms. The van der Waals surface area contributed by atoms with Crippen LogP contribution < -0.4 is 5.32 Å². The van der Waals surface area contributed by atoms with Crippen LogP contribution in [0.4, 0.5) is 0 Å². The van der Waals surface area contributed by atoms with Crippen molar-refractivity contribution in [3.8, 4) is 0 Å². The quantitative estimate of drug-likeness (QED) is 0.329. The average molecular weight is 472 g/mol. The van der Waals surface area contributed by atoms with Gasteiger partial charge in [-0.15, -0.1) is 11.3 Å². The van der Waals surface area contributed by atoms with Crippen molar-refractivity contribution in [2.75, 3.05) is 13.1 Å². The molecular formula is C29H29NO3S. The lowest BCUT2D eigenvalue weighted by Gasteiger charge is -2.32. The number of aryl methyl sites for hydroxylation is 2. The second kappa shape index (κ2) is 10.5. The first-order valence-corrected chi connectivity index (χ1v) is 12.7. The Bertz CT molecular complexity index is 1260. The summed E-state index contributed by atoms with van der Waals surface area (Å²) < 4.78 is 6.43. The van der Waals surface area contributed by atoms with Crippen LogP contribution in [0.1, 0.15) is 44.3 Å². The number of hydrogen-bond donors (Lipinski definition) is 2. The molecule has 5 heteroatoms. The van der Waals surface area contributed by atoms with E-state index in [0.717, 1.165) is 37.2 Å². The van der Waals surface area contributed by atoms with Crippen molar-refractivity contribution in [1.29, 1.82) is 0 Å². The second-order valence-corrected chi connectivity index (χ2v) is 9.94. The van der Waals surface area contributed by atoms with Crippen molar-refractivity contribution in [2.24, 2.45) is 0 Å². The van der Waals surface area contributed by atoms with Crippen molar-refractivity contribution < 1.29 is 14.6 Å². The molecule has 5 rings (SSSR count). The van der Waals surface area contributed by atoms with E-state index in [1.165, 1.54) is 38.8 Å². The third-order valence-corrected chi connectivity index (χ3v) is 7.71. The van der Waals surface area contributed by atoms with Crippen LogP contribution in [0.15, 0.2) is 78.2 Å². The van der Waals surface area contributed by atoms with Crippen LogP contribution in [0, 0.1) is 0 Å². The molecule has 0 saturated carbocycles. The van der Waals surface area contributed by atoms with Crippen LogP contribution in [-0.2, 0) is 24.2 Å². The van der Waals surface area contributed by atoms with E-state index >= 15 is 0 Å². The van der Waals surface area contributed by atoms with E-state index in [1.54, 1.807) is 6.07 Å². The van der Waals surface area contributed by atoms with Gasteiger partial charge in [0.25, 0.3) is 0 Å². The number of aromatic carboxylic acids is 1. The molecule has 4 nitrogen and oxygen atoms in total. The third-order valence-electron chi connectivity index (χ3n) is 6.73. The molecule has 0 bridgehead atoms. The van der Waals surface area contributed by atoms with E-state index in [1.807, 2.05) is 5.38 Å². The van der Waals surface area contributed by atoms with E-state index in [9.17, 15) is 9.90 Å². The second-order valence-electron chi connectivity index (χ2n) is 8.93. The van der Waals surface area contributed by atoms with Crippen molar-refractivity contribution in [2.45, 2.75) is 37.9 Å². The number of carboxylic acids is 1.